The normalized spacial score (nSPS) is 12.9. The highest BCUT2D eigenvalue weighted by Gasteiger charge is 2.10. The summed E-state index contributed by atoms with van der Waals surface area (Å²) in [5, 5.41) is 3.77. The lowest BCUT2D eigenvalue weighted by molar-refractivity contribution is 0.395. The second-order valence-corrected chi connectivity index (χ2v) is 6.09. The van der Waals surface area contributed by atoms with Crippen molar-refractivity contribution >= 4 is 15.9 Å². The van der Waals surface area contributed by atoms with Gasteiger partial charge in [-0.05, 0) is 43.9 Å². The zero-order valence-corrected chi connectivity index (χ0v) is 13.5. The summed E-state index contributed by atoms with van der Waals surface area (Å²) in [6.07, 6.45) is 6.22. The van der Waals surface area contributed by atoms with Crippen LogP contribution in [0.15, 0.2) is 28.7 Å². The van der Waals surface area contributed by atoms with E-state index >= 15 is 0 Å². The van der Waals surface area contributed by atoms with Crippen molar-refractivity contribution in [3.05, 3.63) is 34.3 Å². The van der Waals surface area contributed by atoms with E-state index in [1.807, 2.05) is 0 Å². The van der Waals surface area contributed by atoms with Gasteiger partial charge in [-0.3, -0.25) is 0 Å². The van der Waals surface area contributed by atoms with Crippen LogP contribution in [0.5, 0.6) is 0 Å². The first-order valence-electron chi connectivity index (χ1n) is 7.16. The second-order valence-electron chi connectivity index (χ2n) is 5.17. The zero-order valence-electron chi connectivity index (χ0n) is 11.9. The van der Waals surface area contributed by atoms with Crippen molar-refractivity contribution in [2.24, 2.45) is 0 Å². The van der Waals surface area contributed by atoms with Crippen molar-refractivity contribution < 1.29 is 0 Å². The number of benzene rings is 1. The predicted octanol–water partition coefficient (Wildman–Crippen LogP) is 4.94. The molecule has 0 heterocycles. The average Bonchev–Trinajstić information content (AvgIpc) is 2.33. The molecule has 18 heavy (non-hydrogen) atoms. The van der Waals surface area contributed by atoms with Gasteiger partial charge in [-0.15, -0.1) is 0 Å². The molecule has 0 aliphatic carbocycles. The Morgan fingerprint density at radius 1 is 1.06 bits per heavy atom. The van der Waals surface area contributed by atoms with Crippen LogP contribution in [-0.2, 0) is 6.42 Å². The summed E-state index contributed by atoms with van der Waals surface area (Å²) in [6.45, 7) is 6.83. The van der Waals surface area contributed by atoms with Gasteiger partial charge in [-0.1, -0.05) is 54.8 Å². The van der Waals surface area contributed by atoms with Crippen LogP contribution >= 0.6 is 15.9 Å². The monoisotopic (exact) mass is 311 g/mol. The molecule has 0 fully saturated rings. The molecule has 0 saturated carbocycles. The van der Waals surface area contributed by atoms with Crippen LogP contribution in [0.4, 0.5) is 0 Å². The molecule has 102 valence electrons. The quantitative estimate of drug-likeness (QED) is 0.717. The lowest BCUT2D eigenvalue weighted by Gasteiger charge is -2.23. The lowest BCUT2D eigenvalue weighted by Crippen LogP contribution is -2.37. The Balaban J connectivity index is 2.43. The SMILES string of the molecule is CCCC(CCC)NC(C)Cc1ccc(Br)cc1. The van der Waals surface area contributed by atoms with E-state index in [-0.39, 0.29) is 0 Å². The fourth-order valence-corrected chi connectivity index (χ4v) is 2.71. The van der Waals surface area contributed by atoms with Crippen LogP contribution in [-0.4, -0.2) is 12.1 Å². The molecule has 1 N–H and O–H groups in total. The predicted molar refractivity (Wildman–Crippen MR) is 84.0 cm³/mol. The molecule has 1 rings (SSSR count). The van der Waals surface area contributed by atoms with Crippen molar-refractivity contribution in [3.8, 4) is 0 Å². The zero-order chi connectivity index (χ0) is 13.4. The van der Waals surface area contributed by atoms with Gasteiger partial charge in [0.2, 0.25) is 0 Å². The molecule has 1 nitrogen and oxygen atoms in total. The Kier molecular flexibility index (Phi) is 7.60. The molecule has 1 aromatic rings. The van der Waals surface area contributed by atoms with Crippen LogP contribution < -0.4 is 5.32 Å². The van der Waals surface area contributed by atoms with Gasteiger partial charge in [0.25, 0.3) is 0 Å². The Bertz CT molecular complexity index is 314. The van der Waals surface area contributed by atoms with Crippen molar-refractivity contribution in [2.75, 3.05) is 0 Å². The number of hydrogen-bond acceptors (Lipinski definition) is 1. The summed E-state index contributed by atoms with van der Waals surface area (Å²) in [7, 11) is 0. The van der Waals surface area contributed by atoms with Gasteiger partial charge >= 0.3 is 0 Å². The van der Waals surface area contributed by atoms with Crippen molar-refractivity contribution in [1.29, 1.82) is 0 Å². The van der Waals surface area contributed by atoms with E-state index in [4.69, 9.17) is 0 Å². The van der Waals surface area contributed by atoms with Gasteiger partial charge in [0.1, 0.15) is 0 Å². The van der Waals surface area contributed by atoms with Crippen molar-refractivity contribution in [2.45, 2.75) is 65.0 Å². The minimum absolute atomic E-state index is 0.550. The molecule has 1 unspecified atom stereocenters. The Morgan fingerprint density at radius 2 is 1.61 bits per heavy atom. The van der Waals surface area contributed by atoms with Crippen LogP contribution in [0.2, 0.25) is 0 Å². The molecule has 0 aromatic heterocycles. The summed E-state index contributed by atoms with van der Waals surface area (Å²) >= 11 is 3.48. The summed E-state index contributed by atoms with van der Waals surface area (Å²) in [5.74, 6) is 0. The summed E-state index contributed by atoms with van der Waals surface area (Å²) < 4.78 is 1.15. The topological polar surface area (TPSA) is 12.0 Å². The van der Waals surface area contributed by atoms with E-state index in [9.17, 15) is 0 Å². The highest BCUT2D eigenvalue weighted by molar-refractivity contribution is 9.10. The molecule has 2 heteroatoms. The molecular weight excluding hydrogens is 286 g/mol. The average molecular weight is 312 g/mol. The number of hydrogen-bond donors (Lipinski definition) is 1. The van der Waals surface area contributed by atoms with E-state index in [1.54, 1.807) is 0 Å². The van der Waals surface area contributed by atoms with E-state index in [0.717, 1.165) is 10.9 Å². The third-order valence-electron chi connectivity index (χ3n) is 3.25. The van der Waals surface area contributed by atoms with Gasteiger partial charge in [0, 0.05) is 16.6 Å². The smallest absolute Gasteiger partial charge is 0.0175 e. The van der Waals surface area contributed by atoms with Crippen LogP contribution in [0.1, 0.15) is 52.0 Å². The van der Waals surface area contributed by atoms with E-state index in [1.165, 1.54) is 31.2 Å². The molecule has 0 spiro atoms. The number of halogens is 1. The maximum atomic E-state index is 3.77. The molecule has 0 aliphatic rings. The summed E-state index contributed by atoms with van der Waals surface area (Å²) in [4.78, 5) is 0. The first kappa shape index (κ1) is 15.7. The highest BCUT2D eigenvalue weighted by atomic mass is 79.9. The first-order chi connectivity index (χ1) is 8.65. The Morgan fingerprint density at radius 3 is 2.11 bits per heavy atom. The third kappa shape index (κ3) is 6.01. The maximum Gasteiger partial charge on any atom is 0.0175 e. The summed E-state index contributed by atoms with van der Waals surface area (Å²) in [5.41, 5.74) is 1.41. The Labute approximate surface area is 120 Å². The molecule has 0 saturated heterocycles. The first-order valence-corrected chi connectivity index (χ1v) is 7.95. The fraction of sp³-hybridized carbons (Fsp3) is 0.625. The Hall–Kier alpha value is -0.340. The molecule has 0 aliphatic heterocycles. The van der Waals surface area contributed by atoms with Crippen LogP contribution in [0, 0.1) is 0 Å². The lowest BCUT2D eigenvalue weighted by atomic mass is 10.0. The van der Waals surface area contributed by atoms with Gasteiger partial charge in [-0.25, -0.2) is 0 Å². The maximum absolute atomic E-state index is 3.77. The van der Waals surface area contributed by atoms with Crippen molar-refractivity contribution in [1.82, 2.24) is 5.32 Å². The third-order valence-corrected chi connectivity index (χ3v) is 3.78. The molecule has 1 aromatic carbocycles. The van der Waals surface area contributed by atoms with Gasteiger partial charge in [0.15, 0.2) is 0 Å². The molecule has 0 radical (unpaired) electrons. The van der Waals surface area contributed by atoms with E-state index in [0.29, 0.717) is 12.1 Å². The molecule has 1 atom stereocenters. The summed E-state index contributed by atoms with van der Waals surface area (Å²) in [6, 6.07) is 9.89. The van der Waals surface area contributed by atoms with Crippen molar-refractivity contribution in [3.63, 3.8) is 0 Å². The molecular formula is C16H26BrN. The van der Waals surface area contributed by atoms with Gasteiger partial charge < -0.3 is 5.32 Å². The van der Waals surface area contributed by atoms with E-state index < -0.39 is 0 Å². The molecule has 0 amide bonds. The number of nitrogens with one attached hydrogen (secondary N) is 1. The molecule has 0 bridgehead atoms. The number of rotatable bonds is 8. The minimum Gasteiger partial charge on any atom is -0.311 e. The fourth-order valence-electron chi connectivity index (χ4n) is 2.44. The standard InChI is InChI=1S/C16H26BrN/c1-4-6-16(7-5-2)18-13(3)12-14-8-10-15(17)11-9-14/h8-11,13,16,18H,4-7,12H2,1-3H3. The minimum atomic E-state index is 0.550. The van der Waals surface area contributed by atoms with Crippen LogP contribution in [0.25, 0.3) is 0 Å². The largest absolute Gasteiger partial charge is 0.311 e. The van der Waals surface area contributed by atoms with Gasteiger partial charge in [0.05, 0.1) is 0 Å². The van der Waals surface area contributed by atoms with Crippen LogP contribution in [0.3, 0.4) is 0 Å². The van der Waals surface area contributed by atoms with Gasteiger partial charge in [-0.2, -0.15) is 0 Å². The highest BCUT2D eigenvalue weighted by Crippen LogP contribution is 2.13. The second kappa shape index (κ2) is 8.71. The van der Waals surface area contributed by atoms with E-state index in [2.05, 4.69) is 66.3 Å².